The molecule has 2 aliphatic rings. The summed E-state index contributed by atoms with van der Waals surface area (Å²) in [4.78, 5) is 37.3. The first kappa shape index (κ1) is 14.3. The monoisotopic (exact) mass is 277 g/mol. The van der Waals surface area contributed by atoms with Crippen molar-refractivity contribution in [3.63, 3.8) is 0 Å². The van der Waals surface area contributed by atoms with Crippen molar-refractivity contribution in [3.8, 4) is 0 Å². The van der Waals surface area contributed by atoms with Gasteiger partial charge in [0.15, 0.2) is 0 Å². The first-order valence-electron chi connectivity index (χ1n) is 6.82. The van der Waals surface area contributed by atoms with Crippen LogP contribution in [0.3, 0.4) is 0 Å². The summed E-state index contributed by atoms with van der Waals surface area (Å²) in [7, 11) is 0. The van der Waals surface area contributed by atoms with E-state index >= 15 is 0 Å². The minimum atomic E-state index is -0.394. The third kappa shape index (κ3) is 3.46. The average Bonchev–Trinajstić information content (AvgIpc) is 2.45. The molecule has 20 heavy (non-hydrogen) atoms. The highest BCUT2D eigenvalue weighted by Crippen LogP contribution is 2.18. The Morgan fingerprint density at radius 2 is 1.95 bits per heavy atom. The van der Waals surface area contributed by atoms with Crippen LogP contribution >= 0.6 is 0 Å². The number of carbonyl (C=O) groups excluding carboxylic acids is 3. The van der Waals surface area contributed by atoms with Gasteiger partial charge in [0.05, 0.1) is 0 Å². The third-order valence-electron chi connectivity index (χ3n) is 3.67. The number of urea groups is 1. The lowest BCUT2D eigenvalue weighted by atomic mass is 9.96. The Kier molecular flexibility index (Phi) is 4.55. The van der Waals surface area contributed by atoms with Gasteiger partial charge < -0.3 is 10.6 Å². The zero-order valence-electron chi connectivity index (χ0n) is 11.3. The molecule has 0 aromatic rings. The van der Waals surface area contributed by atoms with Crippen LogP contribution < -0.4 is 5.73 Å². The topological polar surface area (TPSA) is 83.7 Å². The van der Waals surface area contributed by atoms with Gasteiger partial charge in [-0.1, -0.05) is 12.2 Å². The van der Waals surface area contributed by atoms with E-state index in [1.807, 2.05) is 6.08 Å². The Bertz CT molecular complexity index is 462. The number of rotatable bonds is 2. The van der Waals surface area contributed by atoms with Gasteiger partial charge in [-0.15, -0.1) is 0 Å². The summed E-state index contributed by atoms with van der Waals surface area (Å²) in [6, 6.07) is -0.394. The number of likely N-dealkylation sites (tertiary alicyclic amines) is 1. The number of allylic oxidation sites excluding steroid dienone is 1. The average molecular weight is 277 g/mol. The fraction of sp³-hybridized carbons (Fsp3) is 0.500. The molecule has 0 atom stereocenters. The van der Waals surface area contributed by atoms with Gasteiger partial charge in [0.2, 0.25) is 0 Å². The molecule has 1 saturated heterocycles. The molecule has 1 fully saturated rings. The van der Waals surface area contributed by atoms with Crippen molar-refractivity contribution >= 4 is 17.8 Å². The Morgan fingerprint density at radius 1 is 1.25 bits per heavy atom. The van der Waals surface area contributed by atoms with E-state index in [9.17, 15) is 14.4 Å². The predicted molar refractivity (Wildman–Crippen MR) is 73.5 cm³/mol. The highest BCUT2D eigenvalue weighted by Gasteiger charge is 2.21. The van der Waals surface area contributed by atoms with Gasteiger partial charge in [-0.05, 0) is 37.3 Å². The molecule has 0 aromatic heterocycles. The molecule has 4 amide bonds. The number of nitrogens with two attached hydrogens (primary N) is 1. The number of nitrogens with zero attached hydrogens (tertiary/aromatic N) is 2. The van der Waals surface area contributed by atoms with Crippen LogP contribution in [0.2, 0.25) is 0 Å². The summed E-state index contributed by atoms with van der Waals surface area (Å²) >= 11 is 0. The number of hydrogen-bond acceptors (Lipinski definition) is 3. The smallest absolute Gasteiger partial charge is 0.314 e. The van der Waals surface area contributed by atoms with Gasteiger partial charge >= 0.3 is 6.03 Å². The van der Waals surface area contributed by atoms with Crippen LogP contribution in [0.5, 0.6) is 0 Å². The summed E-state index contributed by atoms with van der Waals surface area (Å²) < 4.78 is 0. The molecule has 0 spiro atoms. The lowest BCUT2D eigenvalue weighted by molar-refractivity contribution is -0.139. The lowest BCUT2D eigenvalue weighted by Gasteiger charge is -2.29. The van der Waals surface area contributed by atoms with E-state index in [0.717, 1.165) is 12.8 Å². The zero-order chi connectivity index (χ0) is 14.5. The van der Waals surface area contributed by atoms with E-state index in [1.54, 1.807) is 11.0 Å². The number of carbonyl (C=O) groups is 3. The minimum Gasteiger partial charge on any atom is -0.351 e. The molecule has 2 aliphatic heterocycles. The molecule has 108 valence electrons. The second-order valence-electron chi connectivity index (χ2n) is 5.04. The fourth-order valence-corrected chi connectivity index (χ4v) is 2.43. The molecule has 2 heterocycles. The summed E-state index contributed by atoms with van der Waals surface area (Å²) in [5.41, 5.74) is 5.21. The van der Waals surface area contributed by atoms with Crippen LogP contribution in [0.15, 0.2) is 24.3 Å². The largest absolute Gasteiger partial charge is 0.351 e. The molecule has 6 nitrogen and oxygen atoms in total. The van der Waals surface area contributed by atoms with Crippen LogP contribution in [0.4, 0.5) is 4.79 Å². The van der Waals surface area contributed by atoms with E-state index in [4.69, 9.17) is 5.73 Å². The van der Waals surface area contributed by atoms with Crippen LogP contribution in [-0.2, 0) is 9.59 Å². The molecular formula is C14H19N3O3. The maximum Gasteiger partial charge on any atom is 0.314 e. The Morgan fingerprint density at radius 3 is 2.55 bits per heavy atom. The molecule has 0 radical (unpaired) electrons. The summed E-state index contributed by atoms with van der Waals surface area (Å²) in [5, 5.41) is 0. The van der Waals surface area contributed by atoms with E-state index in [1.165, 1.54) is 17.1 Å². The van der Waals surface area contributed by atoms with Gasteiger partial charge in [-0.2, -0.15) is 0 Å². The highest BCUT2D eigenvalue weighted by molar-refractivity contribution is 6.05. The van der Waals surface area contributed by atoms with E-state index in [2.05, 4.69) is 0 Å². The van der Waals surface area contributed by atoms with Crippen LogP contribution in [-0.4, -0.2) is 47.3 Å². The normalized spacial score (nSPS) is 20.7. The Hall–Kier alpha value is -2.11. The number of imide groups is 1. The van der Waals surface area contributed by atoms with Crippen molar-refractivity contribution in [1.29, 1.82) is 0 Å². The van der Waals surface area contributed by atoms with Crippen molar-refractivity contribution in [3.05, 3.63) is 24.3 Å². The van der Waals surface area contributed by atoms with Crippen molar-refractivity contribution in [2.75, 3.05) is 19.6 Å². The Labute approximate surface area is 117 Å². The van der Waals surface area contributed by atoms with E-state index < -0.39 is 6.03 Å². The first-order chi connectivity index (χ1) is 9.58. The van der Waals surface area contributed by atoms with Crippen molar-refractivity contribution < 1.29 is 14.4 Å². The standard InChI is InChI=1S/C14H19N3O3/c15-14(20)16-9-6-11(7-10-16)4-5-13(19)17-8-2-1-3-12(17)18/h1,3-5,11H,2,6-10H2,(H2,15,20)/b5-4+. The van der Waals surface area contributed by atoms with Crippen LogP contribution in [0.25, 0.3) is 0 Å². The molecule has 2 rings (SSSR count). The predicted octanol–water partition coefficient (Wildman–Crippen LogP) is 0.648. The highest BCUT2D eigenvalue weighted by atomic mass is 16.2. The SMILES string of the molecule is NC(=O)N1CCC(/C=C/C(=O)N2CCC=CC2=O)CC1. The van der Waals surface area contributed by atoms with E-state index in [0.29, 0.717) is 26.1 Å². The number of piperidine rings is 1. The van der Waals surface area contributed by atoms with Crippen LogP contribution in [0, 0.1) is 5.92 Å². The molecule has 0 saturated carbocycles. The zero-order valence-corrected chi connectivity index (χ0v) is 11.3. The molecule has 0 aliphatic carbocycles. The fourth-order valence-electron chi connectivity index (χ4n) is 2.43. The van der Waals surface area contributed by atoms with Gasteiger partial charge in [0.25, 0.3) is 11.8 Å². The molecule has 0 unspecified atom stereocenters. The Balaban J connectivity index is 1.84. The quantitative estimate of drug-likeness (QED) is 0.752. The summed E-state index contributed by atoms with van der Waals surface area (Å²) in [5.74, 6) is -0.267. The van der Waals surface area contributed by atoms with Gasteiger partial charge in [0.1, 0.15) is 0 Å². The number of hydrogen-bond donors (Lipinski definition) is 1. The van der Waals surface area contributed by atoms with Gasteiger partial charge in [-0.3, -0.25) is 14.5 Å². The molecule has 0 aromatic carbocycles. The van der Waals surface area contributed by atoms with Crippen LogP contribution in [0.1, 0.15) is 19.3 Å². The third-order valence-corrected chi connectivity index (χ3v) is 3.67. The molecule has 6 heteroatoms. The van der Waals surface area contributed by atoms with Crippen molar-refractivity contribution in [2.45, 2.75) is 19.3 Å². The molecule has 2 N–H and O–H groups in total. The second kappa shape index (κ2) is 6.36. The molecular weight excluding hydrogens is 258 g/mol. The summed E-state index contributed by atoms with van der Waals surface area (Å²) in [6.45, 7) is 1.67. The molecule has 0 bridgehead atoms. The first-order valence-corrected chi connectivity index (χ1v) is 6.82. The number of amides is 4. The second-order valence-corrected chi connectivity index (χ2v) is 5.04. The minimum absolute atomic E-state index is 0.255. The summed E-state index contributed by atoms with van der Waals surface area (Å²) in [6.07, 6.45) is 8.81. The number of primary amides is 1. The van der Waals surface area contributed by atoms with Gasteiger partial charge in [0, 0.05) is 19.6 Å². The lowest BCUT2D eigenvalue weighted by Crippen LogP contribution is -2.41. The maximum atomic E-state index is 11.9. The van der Waals surface area contributed by atoms with Crippen molar-refractivity contribution in [1.82, 2.24) is 9.80 Å². The van der Waals surface area contributed by atoms with E-state index in [-0.39, 0.29) is 17.7 Å². The van der Waals surface area contributed by atoms with Crippen molar-refractivity contribution in [2.24, 2.45) is 11.7 Å². The maximum absolute atomic E-state index is 11.9. The van der Waals surface area contributed by atoms with Gasteiger partial charge in [-0.25, -0.2) is 4.79 Å².